The van der Waals surface area contributed by atoms with Crippen molar-refractivity contribution >= 4 is 5.91 Å². The monoisotopic (exact) mass is 247 g/mol. The summed E-state index contributed by atoms with van der Waals surface area (Å²) < 4.78 is 0. The summed E-state index contributed by atoms with van der Waals surface area (Å²) in [7, 11) is 0. The van der Waals surface area contributed by atoms with Gasteiger partial charge in [0, 0.05) is 25.4 Å². The van der Waals surface area contributed by atoms with Crippen molar-refractivity contribution in [3.63, 3.8) is 0 Å². The molecule has 18 heavy (non-hydrogen) atoms. The number of carbonyl (C=O) groups excluding carboxylic acids is 1. The minimum Gasteiger partial charge on any atom is -0.352 e. The van der Waals surface area contributed by atoms with E-state index in [-0.39, 0.29) is 5.91 Å². The van der Waals surface area contributed by atoms with Gasteiger partial charge in [-0.3, -0.25) is 9.78 Å². The van der Waals surface area contributed by atoms with Crippen molar-refractivity contribution < 1.29 is 4.79 Å². The molecule has 1 amide bonds. The quantitative estimate of drug-likeness (QED) is 0.828. The predicted molar refractivity (Wildman–Crippen MR) is 70.9 cm³/mol. The Kier molecular flexibility index (Phi) is 5.15. The minimum atomic E-state index is 0.150. The smallest absolute Gasteiger partial charge is 0.220 e. The van der Waals surface area contributed by atoms with Gasteiger partial charge in [-0.1, -0.05) is 6.07 Å². The van der Waals surface area contributed by atoms with Crippen LogP contribution in [0.4, 0.5) is 0 Å². The number of aromatic nitrogens is 1. The van der Waals surface area contributed by atoms with E-state index >= 15 is 0 Å². The molecule has 0 unspecified atom stereocenters. The summed E-state index contributed by atoms with van der Waals surface area (Å²) in [6, 6.07) is 3.86. The van der Waals surface area contributed by atoms with Gasteiger partial charge in [-0.15, -0.1) is 0 Å². The Bertz CT molecular complexity index is 361. The Labute approximate surface area is 108 Å². The fourth-order valence-corrected chi connectivity index (χ4v) is 2.30. The maximum Gasteiger partial charge on any atom is 0.220 e. The van der Waals surface area contributed by atoms with Gasteiger partial charge < -0.3 is 10.6 Å². The summed E-state index contributed by atoms with van der Waals surface area (Å²) in [5.74, 6) is 0.868. The number of rotatable bonds is 5. The van der Waals surface area contributed by atoms with Crippen LogP contribution in [0.25, 0.3) is 0 Å². The molecule has 2 heterocycles. The zero-order valence-corrected chi connectivity index (χ0v) is 10.7. The number of nitrogens with one attached hydrogen (secondary N) is 2. The fourth-order valence-electron chi connectivity index (χ4n) is 2.30. The molecule has 2 N–H and O–H groups in total. The van der Waals surface area contributed by atoms with Gasteiger partial charge in [0.15, 0.2) is 0 Å². The molecule has 1 aliphatic rings. The maximum absolute atomic E-state index is 11.7. The molecule has 1 fully saturated rings. The van der Waals surface area contributed by atoms with Gasteiger partial charge >= 0.3 is 0 Å². The number of piperidine rings is 1. The molecule has 0 bridgehead atoms. The van der Waals surface area contributed by atoms with Crippen LogP contribution in [-0.4, -0.2) is 24.0 Å². The Hall–Kier alpha value is -1.42. The van der Waals surface area contributed by atoms with Crippen LogP contribution in [0.1, 0.15) is 31.2 Å². The molecule has 1 aromatic rings. The molecule has 0 spiro atoms. The van der Waals surface area contributed by atoms with Crippen LogP contribution in [0.15, 0.2) is 24.5 Å². The van der Waals surface area contributed by atoms with Gasteiger partial charge in [0.05, 0.1) is 0 Å². The van der Waals surface area contributed by atoms with E-state index in [0.29, 0.717) is 13.0 Å². The van der Waals surface area contributed by atoms with Crippen molar-refractivity contribution in [3.8, 4) is 0 Å². The molecule has 0 aliphatic carbocycles. The SMILES string of the molecule is O=C(CCC1CCNCC1)NCc1cccnc1. The molecular weight excluding hydrogens is 226 g/mol. The topological polar surface area (TPSA) is 54.0 Å². The predicted octanol–water partition coefficient (Wildman–Crippen LogP) is 1.48. The van der Waals surface area contributed by atoms with E-state index in [0.717, 1.165) is 31.0 Å². The summed E-state index contributed by atoms with van der Waals surface area (Å²) in [4.78, 5) is 15.7. The zero-order chi connectivity index (χ0) is 12.6. The standard InChI is InChI=1S/C14H21N3O/c18-14(4-3-12-5-8-15-9-6-12)17-11-13-2-1-7-16-10-13/h1-2,7,10,12,15H,3-6,8-9,11H2,(H,17,18). The van der Waals surface area contributed by atoms with Crippen molar-refractivity contribution in [1.29, 1.82) is 0 Å². The lowest BCUT2D eigenvalue weighted by Crippen LogP contribution is -2.29. The summed E-state index contributed by atoms with van der Waals surface area (Å²) in [6.07, 6.45) is 7.59. The third kappa shape index (κ3) is 4.45. The third-order valence-corrected chi connectivity index (χ3v) is 3.45. The van der Waals surface area contributed by atoms with Crippen molar-refractivity contribution in [2.24, 2.45) is 5.92 Å². The largest absolute Gasteiger partial charge is 0.352 e. The highest BCUT2D eigenvalue weighted by atomic mass is 16.1. The summed E-state index contributed by atoms with van der Waals surface area (Å²) in [6.45, 7) is 2.78. The van der Waals surface area contributed by atoms with Crippen LogP contribution in [-0.2, 0) is 11.3 Å². The first-order valence-electron chi connectivity index (χ1n) is 6.71. The minimum absolute atomic E-state index is 0.150. The molecule has 0 atom stereocenters. The van der Waals surface area contributed by atoms with Crippen LogP contribution in [0.5, 0.6) is 0 Å². The highest BCUT2D eigenvalue weighted by Gasteiger charge is 2.14. The van der Waals surface area contributed by atoms with E-state index in [2.05, 4.69) is 15.6 Å². The fraction of sp³-hybridized carbons (Fsp3) is 0.571. The molecule has 0 aromatic carbocycles. The van der Waals surface area contributed by atoms with E-state index in [1.54, 1.807) is 12.4 Å². The molecule has 1 aliphatic heterocycles. The lowest BCUT2D eigenvalue weighted by Gasteiger charge is -2.22. The lowest BCUT2D eigenvalue weighted by molar-refractivity contribution is -0.121. The first kappa shape index (κ1) is 13.0. The second-order valence-corrected chi connectivity index (χ2v) is 4.87. The van der Waals surface area contributed by atoms with Crippen molar-refractivity contribution in [1.82, 2.24) is 15.6 Å². The van der Waals surface area contributed by atoms with Crippen LogP contribution in [0.2, 0.25) is 0 Å². The molecule has 2 rings (SSSR count). The molecule has 1 aromatic heterocycles. The second-order valence-electron chi connectivity index (χ2n) is 4.87. The summed E-state index contributed by atoms with van der Waals surface area (Å²) in [5, 5.41) is 6.29. The highest BCUT2D eigenvalue weighted by Crippen LogP contribution is 2.17. The van der Waals surface area contributed by atoms with E-state index < -0.39 is 0 Å². The Balaban J connectivity index is 1.63. The molecule has 0 radical (unpaired) electrons. The first-order valence-corrected chi connectivity index (χ1v) is 6.71. The van der Waals surface area contributed by atoms with Crippen molar-refractivity contribution in [3.05, 3.63) is 30.1 Å². The van der Waals surface area contributed by atoms with Gasteiger partial charge in [-0.05, 0) is 49.9 Å². The third-order valence-electron chi connectivity index (χ3n) is 3.45. The summed E-state index contributed by atoms with van der Waals surface area (Å²) >= 11 is 0. The number of hydrogen-bond acceptors (Lipinski definition) is 3. The number of carbonyl (C=O) groups is 1. The first-order chi connectivity index (χ1) is 8.84. The number of hydrogen-bond donors (Lipinski definition) is 2. The maximum atomic E-state index is 11.7. The van der Waals surface area contributed by atoms with Gasteiger partial charge in [0.1, 0.15) is 0 Å². The van der Waals surface area contributed by atoms with Crippen LogP contribution in [0, 0.1) is 5.92 Å². The molecular formula is C14H21N3O. The number of pyridine rings is 1. The zero-order valence-electron chi connectivity index (χ0n) is 10.7. The lowest BCUT2D eigenvalue weighted by atomic mass is 9.93. The highest BCUT2D eigenvalue weighted by molar-refractivity contribution is 5.75. The number of amides is 1. The average Bonchev–Trinajstić information content (AvgIpc) is 2.45. The van der Waals surface area contributed by atoms with E-state index in [4.69, 9.17) is 0 Å². The molecule has 98 valence electrons. The molecule has 1 saturated heterocycles. The Morgan fingerprint density at radius 2 is 2.28 bits per heavy atom. The summed E-state index contributed by atoms with van der Waals surface area (Å²) in [5.41, 5.74) is 1.05. The Morgan fingerprint density at radius 1 is 1.44 bits per heavy atom. The van der Waals surface area contributed by atoms with Crippen LogP contribution < -0.4 is 10.6 Å². The van der Waals surface area contributed by atoms with Gasteiger partial charge in [0.25, 0.3) is 0 Å². The van der Waals surface area contributed by atoms with Crippen molar-refractivity contribution in [2.45, 2.75) is 32.2 Å². The van der Waals surface area contributed by atoms with Gasteiger partial charge in [0.2, 0.25) is 5.91 Å². The van der Waals surface area contributed by atoms with Gasteiger partial charge in [-0.2, -0.15) is 0 Å². The molecule has 0 saturated carbocycles. The van der Waals surface area contributed by atoms with E-state index in [9.17, 15) is 4.79 Å². The normalized spacial score (nSPS) is 16.4. The van der Waals surface area contributed by atoms with E-state index in [1.165, 1.54) is 12.8 Å². The van der Waals surface area contributed by atoms with Gasteiger partial charge in [-0.25, -0.2) is 0 Å². The number of nitrogens with zero attached hydrogens (tertiary/aromatic N) is 1. The van der Waals surface area contributed by atoms with Crippen LogP contribution in [0.3, 0.4) is 0 Å². The second kappa shape index (κ2) is 7.11. The Morgan fingerprint density at radius 3 is 3.00 bits per heavy atom. The average molecular weight is 247 g/mol. The van der Waals surface area contributed by atoms with Crippen LogP contribution >= 0.6 is 0 Å². The molecule has 4 nitrogen and oxygen atoms in total. The van der Waals surface area contributed by atoms with Crippen molar-refractivity contribution in [2.75, 3.05) is 13.1 Å². The molecule has 4 heteroatoms. The van der Waals surface area contributed by atoms with E-state index in [1.807, 2.05) is 12.1 Å².